The monoisotopic (exact) mass is 298 g/mol. The van der Waals surface area contributed by atoms with Crippen molar-refractivity contribution in [2.45, 2.75) is 6.54 Å². The van der Waals surface area contributed by atoms with E-state index in [2.05, 4.69) is 20.8 Å². The molecule has 0 aliphatic heterocycles. The first kappa shape index (κ1) is 15.2. The Balaban J connectivity index is 1.80. The molecule has 7 heteroatoms. The summed E-state index contributed by atoms with van der Waals surface area (Å²) in [6.45, 7) is 0.156. The number of hydrogen-bond acceptors (Lipinski definition) is 5. The van der Waals surface area contributed by atoms with E-state index < -0.39 is 11.8 Å². The maximum atomic E-state index is 11.5. The summed E-state index contributed by atoms with van der Waals surface area (Å²) in [5.41, 5.74) is 3.34. The van der Waals surface area contributed by atoms with Crippen molar-refractivity contribution in [1.29, 1.82) is 0 Å². The number of benzene rings is 1. The largest absolute Gasteiger partial charge is 0.508 e. The van der Waals surface area contributed by atoms with Crippen LogP contribution >= 0.6 is 0 Å². The van der Waals surface area contributed by atoms with Crippen molar-refractivity contribution in [2.75, 3.05) is 0 Å². The highest BCUT2D eigenvalue weighted by Crippen LogP contribution is 2.08. The Morgan fingerprint density at radius 2 is 2.05 bits per heavy atom. The molecular formula is C15H14N4O3. The molecule has 112 valence electrons. The van der Waals surface area contributed by atoms with Crippen LogP contribution in [0.4, 0.5) is 0 Å². The number of hydrogen-bond donors (Lipinski definition) is 3. The molecular weight excluding hydrogens is 284 g/mol. The average Bonchev–Trinajstić information content (AvgIpc) is 2.53. The molecule has 0 atom stereocenters. The van der Waals surface area contributed by atoms with Gasteiger partial charge >= 0.3 is 11.8 Å². The Hall–Kier alpha value is -3.22. The zero-order chi connectivity index (χ0) is 15.8. The van der Waals surface area contributed by atoms with E-state index in [0.29, 0.717) is 11.3 Å². The van der Waals surface area contributed by atoms with Crippen molar-refractivity contribution < 1.29 is 14.7 Å². The molecule has 0 aliphatic carbocycles. The van der Waals surface area contributed by atoms with E-state index in [9.17, 15) is 14.7 Å². The van der Waals surface area contributed by atoms with Gasteiger partial charge in [0, 0.05) is 6.20 Å². The highest BCUT2D eigenvalue weighted by Gasteiger charge is 2.11. The van der Waals surface area contributed by atoms with Gasteiger partial charge in [-0.3, -0.25) is 14.6 Å². The minimum Gasteiger partial charge on any atom is -0.508 e. The molecule has 0 spiro atoms. The molecule has 1 aromatic carbocycles. The Morgan fingerprint density at radius 1 is 1.18 bits per heavy atom. The van der Waals surface area contributed by atoms with Gasteiger partial charge in [0.1, 0.15) is 5.75 Å². The second-order valence-electron chi connectivity index (χ2n) is 4.30. The Bertz CT molecular complexity index is 686. The third kappa shape index (κ3) is 4.71. The molecule has 1 aromatic heterocycles. The molecule has 0 unspecified atom stereocenters. The molecule has 1 heterocycles. The van der Waals surface area contributed by atoms with Gasteiger partial charge in [-0.05, 0) is 29.8 Å². The lowest BCUT2D eigenvalue weighted by Crippen LogP contribution is -2.37. The molecule has 0 fully saturated rings. The van der Waals surface area contributed by atoms with Gasteiger partial charge in [-0.1, -0.05) is 18.2 Å². The summed E-state index contributed by atoms with van der Waals surface area (Å²) < 4.78 is 0. The fraction of sp³-hybridized carbons (Fsp3) is 0.0667. The topological polar surface area (TPSA) is 104 Å². The second kappa shape index (κ2) is 7.53. The van der Waals surface area contributed by atoms with Crippen molar-refractivity contribution in [2.24, 2.45) is 5.10 Å². The summed E-state index contributed by atoms with van der Waals surface area (Å²) in [5, 5.41) is 15.3. The SMILES string of the molecule is O=C(NCc1ccccn1)C(=O)N/N=C\c1cccc(O)c1. The first-order valence-corrected chi connectivity index (χ1v) is 6.45. The Kier molecular flexibility index (Phi) is 5.20. The fourth-order valence-electron chi connectivity index (χ4n) is 1.58. The van der Waals surface area contributed by atoms with Gasteiger partial charge in [0.25, 0.3) is 0 Å². The summed E-state index contributed by atoms with van der Waals surface area (Å²) in [4.78, 5) is 27.1. The van der Waals surface area contributed by atoms with E-state index >= 15 is 0 Å². The van der Waals surface area contributed by atoms with Crippen LogP contribution in [0.2, 0.25) is 0 Å². The first-order valence-electron chi connectivity index (χ1n) is 6.45. The minimum atomic E-state index is -0.882. The van der Waals surface area contributed by atoms with Gasteiger partial charge in [-0.25, -0.2) is 5.43 Å². The summed E-state index contributed by atoms with van der Waals surface area (Å²) in [6, 6.07) is 11.6. The number of nitrogens with one attached hydrogen (secondary N) is 2. The van der Waals surface area contributed by atoms with Crippen molar-refractivity contribution in [3.05, 3.63) is 59.9 Å². The second-order valence-corrected chi connectivity index (χ2v) is 4.30. The summed E-state index contributed by atoms with van der Waals surface area (Å²) in [5.74, 6) is -1.60. The van der Waals surface area contributed by atoms with Gasteiger partial charge in [0.2, 0.25) is 0 Å². The molecule has 3 N–H and O–H groups in total. The Morgan fingerprint density at radius 3 is 2.77 bits per heavy atom. The lowest BCUT2D eigenvalue weighted by atomic mass is 10.2. The first-order chi connectivity index (χ1) is 10.6. The number of phenolic OH excluding ortho intramolecular Hbond substituents is 1. The zero-order valence-corrected chi connectivity index (χ0v) is 11.6. The van der Waals surface area contributed by atoms with E-state index in [1.807, 2.05) is 0 Å². The van der Waals surface area contributed by atoms with Crippen LogP contribution < -0.4 is 10.7 Å². The average molecular weight is 298 g/mol. The lowest BCUT2D eigenvalue weighted by molar-refractivity contribution is -0.139. The fourth-order valence-corrected chi connectivity index (χ4v) is 1.58. The highest BCUT2D eigenvalue weighted by atomic mass is 16.3. The normalized spacial score (nSPS) is 10.4. The van der Waals surface area contributed by atoms with Crippen molar-refractivity contribution in [3.63, 3.8) is 0 Å². The van der Waals surface area contributed by atoms with Crippen molar-refractivity contribution in [3.8, 4) is 5.75 Å². The van der Waals surface area contributed by atoms with Gasteiger partial charge in [-0.2, -0.15) is 5.10 Å². The highest BCUT2D eigenvalue weighted by molar-refractivity contribution is 6.35. The molecule has 2 rings (SSSR count). The van der Waals surface area contributed by atoms with Gasteiger partial charge in [0.05, 0.1) is 18.5 Å². The number of hydrazone groups is 1. The van der Waals surface area contributed by atoms with Gasteiger partial charge in [0.15, 0.2) is 0 Å². The number of aromatic hydroxyl groups is 1. The molecule has 0 bridgehead atoms. The number of carbonyl (C=O) groups excluding carboxylic acids is 2. The molecule has 22 heavy (non-hydrogen) atoms. The molecule has 2 aromatic rings. The standard InChI is InChI=1S/C15H14N4O3/c20-13-6-3-4-11(8-13)9-18-19-15(22)14(21)17-10-12-5-1-2-7-16-12/h1-9,20H,10H2,(H,17,21)(H,19,22)/b18-9-. The van der Waals surface area contributed by atoms with Crippen LogP contribution in [0.25, 0.3) is 0 Å². The number of pyridine rings is 1. The van der Waals surface area contributed by atoms with E-state index in [0.717, 1.165) is 0 Å². The van der Waals surface area contributed by atoms with Crippen LogP contribution in [0.15, 0.2) is 53.8 Å². The van der Waals surface area contributed by atoms with E-state index in [-0.39, 0.29) is 12.3 Å². The van der Waals surface area contributed by atoms with Crippen LogP contribution in [-0.4, -0.2) is 28.1 Å². The third-order valence-electron chi connectivity index (χ3n) is 2.61. The van der Waals surface area contributed by atoms with Crippen LogP contribution in [0.1, 0.15) is 11.3 Å². The predicted molar refractivity (Wildman–Crippen MR) is 79.9 cm³/mol. The molecule has 0 radical (unpaired) electrons. The van der Waals surface area contributed by atoms with Gasteiger partial charge < -0.3 is 10.4 Å². The van der Waals surface area contributed by atoms with E-state index in [1.54, 1.807) is 36.5 Å². The lowest BCUT2D eigenvalue weighted by Gasteiger charge is -2.03. The summed E-state index contributed by atoms with van der Waals surface area (Å²) in [6.07, 6.45) is 2.92. The predicted octanol–water partition coefficient (Wildman–Crippen LogP) is 0.554. The molecule has 0 saturated heterocycles. The molecule has 0 saturated carbocycles. The maximum Gasteiger partial charge on any atom is 0.329 e. The quantitative estimate of drug-likeness (QED) is 0.435. The molecule has 2 amide bonds. The maximum absolute atomic E-state index is 11.5. The number of phenols is 1. The number of aromatic nitrogens is 1. The molecule has 0 aliphatic rings. The van der Waals surface area contributed by atoms with E-state index in [4.69, 9.17) is 0 Å². The van der Waals surface area contributed by atoms with Gasteiger partial charge in [-0.15, -0.1) is 0 Å². The summed E-state index contributed by atoms with van der Waals surface area (Å²) >= 11 is 0. The minimum absolute atomic E-state index is 0.0865. The number of nitrogens with zero attached hydrogens (tertiary/aromatic N) is 2. The number of rotatable bonds is 4. The Labute approximate surface area is 126 Å². The van der Waals surface area contributed by atoms with Crippen molar-refractivity contribution in [1.82, 2.24) is 15.7 Å². The van der Waals surface area contributed by atoms with Crippen LogP contribution in [-0.2, 0) is 16.1 Å². The smallest absolute Gasteiger partial charge is 0.329 e. The van der Waals surface area contributed by atoms with Crippen LogP contribution in [0, 0.1) is 0 Å². The number of amides is 2. The zero-order valence-electron chi connectivity index (χ0n) is 11.6. The number of carbonyl (C=O) groups is 2. The van der Waals surface area contributed by atoms with Crippen LogP contribution in [0.3, 0.4) is 0 Å². The van der Waals surface area contributed by atoms with E-state index in [1.165, 1.54) is 18.3 Å². The van der Waals surface area contributed by atoms with Crippen molar-refractivity contribution >= 4 is 18.0 Å². The third-order valence-corrected chi connectivity index (χ3v) is 2.61. The van der Waals surface area contributed by atoms with Crippen LogP contribution in [0.5, 0.6) is 5.75 Å². The summed E-state index contributed by atoms with van der Waals surface area (Å²) in [7, 11) is 0. The molecule has 7 nitrogen and oxygen atoms in total.